The summed E-state index contributed by atoms with van der Waals surface area (Å²) in [4.78, 5) is 24.2. The molecule has 0 bridgehead atoms. The summed E-state index contributed by atoms with van der Waals surface area (Å²) in [5.74, 6) is 1.92. The van der Waals surface area contributed by atoms with Gasteiger partial charge in [-0.15, -0.1) is 0 Å². The maximum atomic E-state index is 12.2. The van der Waals surface area contributed by atoms with Gasteiger partial charge >= 0.3 is 0 Å². The third-order valence-electron chi connectivity index (χ3n) is 3.67. The summed E-state index contributed by atoms with van der Waals surface area (Å²) in [5, 5.41) is 6.65. The van der Waals surface area contributed by atoms with Crippen molar-refractivity contribution in [2.45, 2.75) is 0 Å². The first kappa shape index (κ1) is 18.8. The summed E-state index contributed by atoms with van der Waals surface area (Å²) in [6, 6.07) is 5.05. The zero-order chi connectivity index (χ0) is 19.9. The molecule has 0 radical (unpaired) electrons. The minimum Gasteiger partial charge on any atom is -0.493 e. The number of hydrogen-bond donors (Lipinski definition) is 1. The molecule has 0 fully saturated rings. The first-order valence-electron chi connectivity index (χ1n) is 8.10. The van der Waals surface area contributed by atoms with Gasteiger partial charge in [0.1, 0.15) is 24.8 Å². The number of aromatic nitrogens is 5. The molecule has 0 aliphatic heterocycles. The number of ether oxygens (including phenoxy) is 3. The van der Waals surface area contributed by atoms with Crippen LogP contribution in [0.2, 0.25) is 0 Å². The average Bonchev–Trinajstić information content (AvgIpc) is 3.26. The predicted octanol–water partition coefficient (Wildman–Crippen LogP) is 1.73. The van der Waals surface area contributed by atoms with Gasteiger partial charge in [-0.2, -0.15) is 5.10 Å². The van der Waals surface area contributed by atoms with Gasteiger partial charge in [-0.1, -0.05) is 0 Å². The van der Waals surface area contributed by atoms with Gasteiger partial charge in [0.25, 0.3) is 0 Å². The van der Waals surface area contributed by atoms with Gasteiger partial charge in [0.15, 0.2) is 17.3 Å². The normalized spacial score (nSPS) is 10.7. The third-order valence-corrected chi connectivity index (χ3v) is 3.67. The second-order valence-corrected chi connectivity index (χ2v) is 5.38. The summed E-state index contributed by atoms with van der Waals surface area (Å²) >= 11 is 0. The number of amides is 1. The lowest BCUT2D eigenvalue weighted by Gasteiger charge is -2.12. The number of anilines is 1. The van der Waals surface area contributed by atoms with Gasteiger partial charge in [-0.05, 0) is 23.8 Å². The number of hydrogen-bond acceptors (Lipinski definition) is 8. The minimum absolute atomic E-state index is 0.333. The lowest BCUT2D eigenvalue weighted by Crippen LogP contribution is -2.10. The number of benzene rings is 1. The van der Waals surface area contributed by atoms with Gasteiger partial charge in [-0.25, -0.2) is 19.6 Å². The zero-order valence-electron chi connectivity index (χ0n) is 15.5. The molecule has 0 aliphatic carbocycles. The van der Waals surface area contributed by atoms with E-state index in [-0.39, 0.29) is 5.91 Å². The number of carbonyl (C=O) groups is 1. The Labute approximate surface area is 160 Å². The highest BCUT2D eigenvalue weighted by Crippen LogP contribution is 2.38. The minimum atomic E-state index is -0.364. The van der Waals surface area contributed by atoms with Crippen LogP contribution in [-0.2, 0) is 4.79 Å². The number of nitrogens with one attached hydrogen (secondary N) is 1. The Morgan fingerprint density at radius 1 is 1.04 bits per heavy atom. The molecule has 144 valence electrons. The topological polar surface area (TPSA) is 113 Å². The fourth-order valence-electron chi connectivity index (χ4n) is 2.40. The van der Waals surface area contributed by atoms with Crippen LogP contribution in [0.3, 0.4) is 0 Å². The molecular weight excluding hydrogens is 364 g/mol. The molecule has 2 heterocycles. The van der Waals surface area contributed by atoms with Crippen LogP contribution in [0, 0.1) is 0 Å². The molecule has 1 amide bonds. The number of methoxy groups -OCH3 is 3. The Morgan fingerprint density at radius 3 is 2.39 bits per heavy atom. The lowest BCUT2D eigenvalue weighted by molar-refractivity contribution is -0.111. The maximum Gasteiger partial charge on any atom is 0.249 e. The molecule has 1 aromatic carbocycles. The Bertz CT molecular complexity index is 962. The Balaban J connectivity index is 1.75. The molecule has 0 spiro atoms. The lowest BCUT2D eigenvalue weighted by atomic mass is 10.1. The summed E-state index contributed by atoms with van der Waals surface area (Å²) in [6.07, 6.45) is 7.21. The number of carbonyl (C=O) groups excluding carboxylic acids is 1. The van der Waals surface area contributed by atoms with Crippen molar-refractivity contribution < 1.29 is 19.0 Å². The van der Waals surface area contributed by atoms with Gasteiger partial charge in [0.05, 0.1) is 21.3 Å². The average molecular weight is 382 g/mol. The van der Waals surface area contributed by atoms with E-state index in [1.54, 1.807) is 24.3 Å². The largest absolute Gasteiger partial charge is 0.493 e. The van der Waals surface area contributed by atoms with E-state index in [9.17, 15) is 4.79 Å². The molecule has 0 saturated carbocycles. The zero-order valence-corrected chi connectivity index (χ0v) is 15.5. The van der Waals surface area contributed by atoms with E-state index < -0.39 is 0 Å². The quantitative estimate of drug-likeness (QED) is 0.615. The van der Waals surface area contributed by atoms with Crippen molar-refractivity contribution in [3.05, 3.63) is 48.8 Å². The van der Waals surface area contributed by atoms with E-state index in [0.29, 0.717) is 34.4 Å². The molecule has 1 N–H and O–H groups in total. The summed E-state index contributed by atoms with van der Waals surface area (Å²) < 4.78 is 17.3. The second kappa shape index (κ2) is 8.62. The van der Waals surface area contributed by atoms with Crippen LogP contribution in [0.1, 0.15) is 5.56 Å². The summed E-state index contributed by atoms with van der Waals surface area (Å²) in [7, 11) is 4.58. The van der Waals surface area contributed by atoms with Gasteiger partial charge < -0.3 is 19.5 Å². The van der Waals surface area contributed by atoms with E-state index in [1.807, 2.05) is 0 Å². The first-order chi connectivity index (χ1) is 13.6. The highest BCUT2D eigenvalue weighted by Gasteiger charge is 2.12. The molecule has 3 rings (SSSR count). The highest BCUT2D eigenvalue weighted by atomic mass is 16.5. The van der Waals surface area contributed by atoms with E-state index in [0.717, 1.165) is 0 Å². The molecule has 0 aliphatic rings. The highest BCUT2D eigenvalue weighted by molar-refractivity contribution is 6.01. The van der Waals surface area contributed by atoms with E-state index in [1.165, 1.54) is 51.1 Å². The number of rotatable bonds is 7. The molecule has 3 aromatic rings. The van der Waals surface area contributed by atoms with Gasteiger partial charge in [-0.3, -0.25) is 4.79 Å². The van der Waals surface area contributed by atoms with Crippen LogP contribution in [0.15, 0.2) is 43.3 Å². The van der Waals surface area contributed by atoms with Crippen molar-refractivity contribution in [2.24, 2.45) is 0 Å². The van der Waals surface area contributed by atoms with Crippen LogP contribution >= 0.6 is 0 Å². The fourth-order valence-corrected chi connectivity index (χ4v) is 2.40. The SMILES string of the molecule is COc1cc(/C=C/C(=O)Nc2cc(-n3cncn3)ncn2)cc(OC)c1OC. The predicted molar refractivity (Wildman–Crippen MR) is 101 cm³/mol. The second-order valence-electron chi connectivity index (χ2n) is 5.38. The van der Waals surface area contributed by atoms with Crippen molar-refractivity contribution in [3.63, 3.8) is 0 Å². The van der Waals surface area contributed by atoms with Crippen molar-refractivity contribution >= 4 is 17.8 Å². The van der Waals surface area contributed by atoms with Gasteiger partial charge in [0, 0.05) is 12.1 Å². The molecule has 0 unspecified atom stereocenters. The number of nitrogens with zero attached hydrogens (tertiary/aromatic N) is 5. The van der Waals surface area contributed by atoms with Crippen LogP contribution < -0.4 is 19.5 Å². The van der Waals surface area contributed by atoms with Crippen LogP contribution in [0.25, 0.3) is 11.9 Å². The Hall–Kier alpha value is -3.95. The van der Waals surface area contributed by atoms with Crippen LogP contribution in [0.5, 0.6) is 17.2 Å². The molecule has 10 heteroatoms. The summed E-state index contributed by atoms with van der Waals surface area (Å²) in [6.45, 7) is 0. The first-order valence-corrected chi connectivity index (χ1v) is 8.10. The van der Waals surface area contributed by atoms with E-state index >= 15 is 0 Å². The van der Waals surface area contributed by atoms with E-state index in [4.69, 9.17) is 14.2 Å². The molecular formula is C18H18N6O4. The monoisotopic (exact) mass is 382 g/mol. The molecule has 0 saturated heterocycles. The van der Waals surface area contributed by atoms with Crippen molar-refractivity contribution in [3.8, 4) is 23.1 Å². The maximum absolute atomic E-state index is 12.2. The molecule has 10 nitrogen and oxygen atoms in total. The standard InChI is InChI=1S/C18H18N6O4/c1-26-13-6-12(7-14(27-2)18(13)28-3)4-5-17(25)23-15-8-16(21-10-20-15)24-11-19-9-22-24/h4-11H,1-3H3,(H,20,21,23,25)/b5-4+. The van der Waals surface area contributed by atoms with Crippen molar-refractivity contribution in [1.82, 2.24) is 24.7 Å². The third kappa shape index (κ3) is 4.23. The smallest absolute Gasteiger partial charge is 0.249 e. The molecule has 0 atom stereocenters. The van der Waals surface area contributed by atoms with Crippen LogP contribution in [0.4, 0.5) is 5.82 Å². The van der Waals surface area contributed by atoms with Crippen molar-refractivity contribution in [2.75, 3.05) is 26.6 Å². The molecule has 2 aromatic heterocycles. The fraction of sp³-hybridized carbons (Fsp3) is 0.167. The molecule has 28 heavy (non-hydrogen) atoms. The van der Waals surface area contributed by atoms with E-state index in [2.05, 4.69) is 25.4 Å². The van der Waals surface area contributed by atoms with Crippen molar-refractivity contribution in [1.29, 1.82) is 0 Å². The van der Waals surface area contributed by atoms with Gasteiger partial charge in [0.2, 0.25) is 11.7 Å². The summed E-state index contributed by atoms with van der Waals surface area (Å²) in [5.41, 5.74) is 0.704. The van der Waals surface area contributed by atoms with Crippen LogP contribution in [-0.4, -0.2) is 52.0 Å². The Morgan fingerprint density at radius 2 is 1.79 bits per heavy atom. The Kier molecular flexibility index (Phi) is 5.80.